The first-order chi connectivity index (χ1) is 10.8. The molecular weight excluding hydrogens is 325 g/mol. The fourth-order valence-electron chi connectivity index (χ4n) is 2.38. The molecule has 3 aromatic rings. The highest BCUT2D eigenvalue weighted by Gasteiger charge is 2.31. The van der Waals surface area contributed by atoms with Crippen LogP contribution in [0.5, 0.6) is 0 Å². The lowest BCUT2D eigenvalue weighted by molar-refractivity contribution is -0.137. The highest BCUT2D eigenvalue weighted by atomic mass is 32.1. The predicted molar refractivity (Wildman–Crippen MR) is 83.3 cm³/mol. The van der Waals surface area contributed by atoms with Gasteiger partial charge in [0.15, 0.2) is 0 Å². The third-order valence-electron chi connectivity index (χ3n) is 3.42. The van der Waals surface area contributed by atoms with Crippen molar-refractivity contribution in [2.45, 2.75) is 13.1 Å². The van der Waals surface area contributed by atoms with E-state index < -0.39 is 17.6 Å². The van der Waals surface area contributed by atoms with Gasteiger partial charge in [-0.2, -0.15) is 13.2 Å². The Kier molecular flexibility index (Phi) is 3.60. The summed E-state index contributed by atoms with van der Waals surface area (Å²) in [7, 11) is 0. The number of nitrogens with two attached hydrogens (primary N) is 1. The molecule has 0 radical (unpaired) electrons. The number of hydrogen-bond acceptors (Lipinski definition) is 3. The van der Waals surface area contributed by atoms with Crippen LogP contribution < -0.4 is 5.73 Å². The first-order valence-corrected chi connectivity index (χ1v) is 7.46. The van der Waals surface area contributed by atoms with Gasteiger partial charge in [0.1, 0.15) is 0 Å². The zero-order valence-electron chi connectivity index (χ0n) is 11.9. The number of aromatic nitrogens is 1. The number of halogens is 3. The van der Waals surface area contributed by atoms with Crippen LogP contribution in [-0.2, 0) is 6.18 Å². The third-order valence-corrected chi connectivity index (χ3v) is 4.37. The molecule has 0 bridgehead atoms. The molecule has 0 saturated carbocycles. The van der Waals surface area contributed by atoms with Crippen molar-refractivity contribution < 1.29 is 18.0 Å². The van der Waals surface area contributed by atoms with Crippen LogP contribution >= 0.6 is 11.3 Å². The summed E-state index contributed by atoms with van der Waals surface area (Å²) in [6.45, 7) is 1.85. The Hall–Kier alpha value is -2.41. The average Bonchev–Trinajstić information content (AvgIpc) is 2.84. The smallest absolute Gasteiger partial charge is 0.366 e. The van der Waals surface area contributed by atoms with Crippen LogP contribution in [0, 0.1) is 6.92 Å². The Balaban J connectivity index is 2.23. The summed E-state index contributed by atoms with van der Waals surface area (Å²) in [6.07, 6.45) is -4.49. The SMILES string of the molecule is Cc1nc2cc(-c3cc(C(F)(F)F)ccc3C(N)=O)ccc2s1. The highest BCUT2D eigenvalue weighted by Crippen LogP contribution is 2.35. The highest BCUT2D eigenvalue weighted by molar-refractivity contribution is 7.18. The van der Waals surface area contributed by atoms with Gasteiger partial charge in [-0.25, -0.2) is 4.98 Å². The van der Waals surface area contributed by atoms with Crippen LogP contribution in [0.25, 0.3) is 21.3 Å². The molecule has 2 N–H and O–H groups in total. The van der Waals surface area contributed by atoms with E-state index in [2.05, 4.69) is 4.98 Å². The van der Waals surface area contributed by atoms with E-state index in [0.717, 1.165) is 27.9 Å². The van der Waals surface area contributed by atoms with Gasteiger partial charge in [0, 0.05) is 5.56 Å². The summed E-state index contributed by atoms with van der Waals surface area (Å²) in [6, 6.07) is 8.02. The number of hydrogen-bond donors (Lipinski definition) is 1. The lowest BCUT2D eigenvalue weighted by Crippen LogP contribution is -2.14. The molecule has 3 rings (SSSR count). The molecule has 0 aliphatic rings. The van der Waals surface area contributed by atoms with Crippen molar-refractivity contribution in [2.24, 2.45) is 5.73 Å². The first-order valence-electron chi connectivity index (χ1n) is 6.64. The van der Waals surface area contributed by atoms with E-state index in [0.29, 0.717) is 11.1 Å². The molecule has 7 heteroatoms. The Morgan fingerprint density at radius 3 is 2.57 bits per heavy atom. The van der Waals surface area contributed by atoms with Gasteiger partial charge in [0.05, 0.1) is 20.8 Å². The fraction of sp³-hybridized carbons (Fsp3) is 0.125. The number of benzene rings is 2. The van der Waals surface area contributed by atoms with Crippen molar-refractivity contribution in [3.63, 3.8) is 0 Å². The second kappa shape index (κ2) is 5.34. The van der Waals surface area contributed by atoms with E-state index in [4.69, 9.17) is 5.73 Å². The Morgan fingerprint density at radius 1 is 1.17 bits per heavy atom. The molecule has 1 amide bonds. The summed E-state index contributed by atoms with van der Waals surface area (Å²) in [5, 5.41) is 0.858. The molecule has 2 aromatic carbocycles. The molecule has 0 unspecified atom stereocenters. The predicted octanol–water partition coefficient (Wildman–Crippen LogP) is 4.39. The van der Waals surface area contributed by atoms with E-state index in [1.807, 2.05) is 6.92 Å². The average molecular weight is 336 g/mol. The van der Waals surface area contributed by atoms with Crippen molar-refractivity contribution in [3.8, 4) is 11.1 Å². The van der Waals surface area contributed by atoms with Gasteiger partial charge in [0.25, 0.3) is 0 Å². The first kappa shape index (κ1) is 15.5. The van der Waals surface area contributed by atoms with Crippen LogP contribution in [0.4, 0.5) is 13.2 Å². The number of carbonyl (C=O) groups excluding carboxylic acids is 1. The molecule has 3 nitrogen and oxygen atoms in total. The maximum absolute atomic E-state index is 12.9. The number of thiazole rings is 1. The van der Waals surface area contributed by atoms with Crippen molar-refractivity contribution >= 4 is 27.5 Å². The number of fused-ring (bicyclic) bond motifs is 1. The molecular formula is C16H11F3N2OS. The molecule has 0 saturated heterocycles. The summed E-state index contributed by atoms with van der Waals surface area (Å²) in [5.74, 6) is -0.775. The van der Waals surface area contributed by atoms with Gasteiger partial charge in [-0.05, 0) is 48.4 Å². The fourth-order valence-corrected chi connectivity index (χ4v) is 3.19. The monoisotopic (exact) mass is 336 g/mol. The van der Waals surface area contributed by atoms with Gasteiger partial charge >= 0.3 is 6.18 Å². The molecule has 1 heterocycles. The minimum Gasteiger partial charge on any atom is -0.366 e. The van der Waals surface area contributed by atoms with E-state index in [-0.39, 0.29) is 11.1 Å². The molecule has 0 atom stereocenters. The van der Waals surface area contributed by atoms with Gasteiger partial charge < -0.3 is 5.73 Å². The minimum atomic E-state index is -4.49. The van der Waals surface area contributed by atoms with Crippen molar-refractivity contribution in [2.75, 3.05) is 0 Å². The van der Waals surface area contributed by atoms with E-state index in [1.165, 1.54) is 11.3 Å². The second-order valence-corrected chi connectivity index (χ2v) is 6.27. The quantitative estimate of drug-likeness (QED) is 0.754. The number of carbonyl (C=O) groups is 1. The maximum atomic E-state index is 12.9. The lowest BCUT2D eigenvalue weighted by atomic mass is 9.96. The van der Waals surface area contributed by atoms with Crippen molar-refractivity contribution in [1.29, 1.82) is 0 Å². The molecule has 0 spiro atoms. The molecule has 118 valence electrons. The molecule has 0 fully saturated rings. The van der Waals surface area contributed by atoms with Gasteiger partial charge in [-0.3, -0.25) is 4.79 Å². The number of amides is 1. The Morgan fingerprint density at radius 2 is 1.91 bits per heavy atom. The van der Waals surface area contributed by atoms with Gasteiger partial charge in [-0.1, -0.05) is 6.07 Å². The Labute approximate surface area is 133 Å². The van der Waals surface area contributed by atoms with Crippen molar-refractivity contribution in [1.82, 2.24) is 4.98 Å². The number of nitrogens with zero attached hydrogens (tertiary/aromatic N) is 1. The number of primary amides is 1. The maximum Gasteiger partial charge on any atom is 0.416 e. The third kappa shape index (κ3) is 2.92. The molecule has 23 heavy (non-hydrogen) atoms. The summed E-state index contributed by atoms with van der Waals surface area (Å²) < 4.78 is 39.8. The standard InChI is InChI=1S/C16H11F3N2OS/c1-8-21-13-6-9(2-5-14(13)23-8)12-7-10(16(17,18)19)3-4-11(12)15(20)22/h2-7H,1H3,(H2,20,22). The van der Waals surface area contributed by atoms with E-state index >= 15 is 0 Å². The number of alkyl halides is 3. The number of aryl methyl sites for hydroxylation is 1. The summed E-state index contributed by atoms with van der Waals surface area (Å²) in [4.78, 5) is 15.9. The van der Waals surface area contributed by atoms with Crippen LogP contribution in [0.1, 0.15) is 20.9 Å². The van der Waals surface area contributed by atoms with E-state index in [9.17, 15) is 18.0 Å². The summed E-state index contributed by atoms with van der Waals surface area (Å²) in [5.41, 5.74) is 5.82. The largest absolute Gasteiger partial charge is 0.416 e. The van der Waals surface area contributed by atoms with Crippen molar-refractivity contribution in [3.05, 3.63) is 52.5 Å². The zero-order valence-corrected chi connectivity index (χ0v) is 12.8. The van der Waals surface area contributed by atoms with Gasteiger partial charge in [0.2, 0.25) is 5.91 Å². The Bertz CT molecular complexity index is 915. The topological polar surface area (TPSA) is 56.0 Å². The zero-order chi connectivity index (χ0) is 16.8. The molecule has 0 aliphatic heterocycles. The van der Waals surface area contributed by atoms with Crippen LogP contribution in [0.3, 0.4) is 0 Å². The molecule has 1 aromatic heterocycles. The number of rotatable bonds is 2. The minimum absolute atomic E-state index is 0.0456. The van der Waals surface area contributed by atoms with Crippen LogP contribution in [-0.4, -0.2) is 10.9 Å². The van der Waals surface area contributed by atoms with Crippen LogP contribution in [0.2, 0.25) is 0 Å². The molecule has 0 aliphatic carbocycles. The second-order valence-electron chi connectivity index (χ2n) is 5.04. The van der Waals surface area contributed by atoms with Crippen LogP contribution in [0.15, 0.2) is 36.4 Å². The lowest BCUT2D eigenvalue weighted by Gasteiger charge is -2.12. The van der Waals surface area contributed by atoms with Gasteiger partial charge in [-0.15, -0.1) is 11.3 Å². The van der Waals surface area contributed by atoms with E-state index in [1.54, 1.807) is 18.2 Å². The normalized spacial score (nSPS) is 11.8. The summed E-state index contributed by atoms with van der Waals surface area (Å²) >= 11 is 1.49.